The van der Waals surface area contributed by atoms with Gasteiger partial charge < -0.3 is 4.74 Å². The predicted molar refractivity (Wildman–Crippen MR) is 118 cm³/mol. The minimum Gasteiger partial charge on any atom is -0.489 e. The fourth-order valence-corrected chi connectivity index (χ4v) is 3.21. The molecule has 0 aromatic heterocycles. The number of halogens is 2. The van der Waals surface area contributed by atoms with Crippen LogP contribution in [0.3, 0.4) is 0 Å². The van der Waals surface area contributed by atoms with Crippen molar-refractivity contribution in [2.45, 2.75) is 6.61 Å². The van der Waals surface area contributed by atoms with E-state index in [2.05, 4.69) is 5.32 Å². The van der Waals surface area contributed by atoms with Crippen LogP contribution in [0.5, 0.6) is 5.75 Å². The molecule has 1 fully saturated rings. The summed E-state index contributed by atoms with van der Waals surface area (Å²) >= 11 is 5.87. The van der Waals surface area contributed by atoms with Crippen LogP contribution in [-0.2, 0) is 16.2 Å². The molecule has 0 saturated carbocycles. The summed E-state index contributed by atoms with van der Waals surface area (Å²) in [4.78, 5) is 37.9. The smallest absolute Gasteiger partial charge is 0.336 e. The SMILES string of the molecule is O=C1NC(=O)N(c2ccccc2F)C(=O)/C1=C\c1ccc(OCc2ccc(Cl)cc2)cc1. The highest BCUT2D eigenvalue weighted by atomic mass is 35.5. The highest BCUT2D eigenvalue weighted by Gasteiger charge is 2.37. The van der Waals surface area contributed by atoms with E-state index in [0.29, 0.717) is 27.8 Å². The molecule has 0 unspecified atom stereocenters. The van der Waals surface area contributed by atoms with Crippen LogP contribution in [0.15, 0.2) is 78.4 Å². The number of para-hydroxylation sites is 1. The number of nitrogens with zero attached hydrogens (tertiary/aromatic N) is 1. The number of nitrogens with one attached hydrogen (secondary N) is 1. The van der Waals surface area contributed by atoms with E-state index < -0.39 is 23.7 Å². The number of rotatable bonds is 5. The van der Waals surface area contributed by atoms with Gasteiger partial charge in [-0.15, -0.1) is 0 Å². The highest BCUT2D eigenvalue weighted by molar-refractivity contribution is 6.39. The quantitative estimate of drug-likeness (QED) is 0.450. The summed E-state index contributed by atoms with van der Waals surface area (Å²) in [5.74, 6) is -1.93. The Bertz CT molecular complexity index is 1220. The summed E-state index contributed by atoms with van der Waals surface area (Å²) < 4.78 is 19.8. The van der Waals surface area contributed by atoms with Crippen LogP contribution in [0.25, 0.3) is 6.08 Å². The number of barbiturate groups is 1. The normalized spacial score (nSPS) is 15.1. The van der Waals surface area contributed by atoms with Crippen molar-refractivity contribution in [3.63, 3.8) is 0 Å². The summed E-state index contributed by atoms with van der Waals surface area (Å²) in [6.45, 7) is 0.345. The van der Waals surface area contributed by atoms with Crippen molar-refractivity contribution in [3.8, 4) is 5.75 Å². The molecule has 4 amide bonds. The number of amides is 4. The molecule has 6 nitrogen and oxygen atoms in total. The molecule has 0 bridgehead atoms. The van der Waals surface area contributed by atoms with Gasteiger partial charge in [-0.25, -0.2) is 14.1 Å². The topological polar surface area (TPSA) is 75.7 Å². The first-order valence-corrected chi connectivity index (χ1v) is 9.93. The van der Waals surface area contributed by atoms with E-state index in [-0.39, 0.29) is 11.3 Å². The molecule has 1 aliphatic heterocycles. The summed E-state index contributed by atoms with van der Waals surface area (Å²) in [5, 5.41) is 2.71. The van der Waals surface area contributed by atoms with Crippen molar-refractivity contribution in [3.05, 3.63) is 100 Å². The lowest BCUT2D eigenvalue weighted by Crippen LogP contribution is -2.54. The van der Waals surface area contributed by atoms with E-state index in [0.717, 1.165) is 11.6 Å². The molecular weight excluding hydrogens is 435 g/mol. The van der Waals surface area contributed by atoms with Gasteiger partial charge in [-0.1, -0.05) is 48.0 Å². The van der Waals surface area contributed by atoms with Gasteiger partial charge in [0.15, 0.2) is 0 Å². The van der Waals surface area contributed by atoms with Crippen molar-refractivity contribution < 1.29 is 23.5 Å². The van der Waals surface area contributed by atoms with Crippen molar-refractivity contribution in [2.24, 2.45) is 0 Å². The molecule has 1 heterocycles. The third kappa shape index (κ3) is 4.53. The zero-order valence-corrected chi connectivity index (χ0v) is 17.3. The fraction of sp³-hybridized carbons (Fsp3) is 0.0417. The number of imide groups is 2. The standard InChI is InChI=1S/C24H16ClFN2O4/c25-17-9-5-16(6-10-17)14-32-18-11-7-15(8-12-18)13-19-22(29)27-24(31)28(23(19)30)21-4-2-1-3-20(21)26/h1-13H,14H2,(H,27,29,31)/b19-13-. The predicted octanol–water partition coefficient (Wildman–Crippen LogP) is 4.72. The van der Waals surface area contributed by atoms with E-state index in [9.17, 15) is 18.8 Å². The first-order chi connectivity index (χ1) is 15.4. The molecule has 0 aliphatic carbocycles. The molecule has 3 aromatic carbocycles. The second kappa shape index (κ2) is 9.03. The average Bonchev–Trinajstić information content (AvgIpc) is 2.78. The van der Waals surface area contributed by atoms with Crippen LogP contribution in [0.4, 0.5) is 14.9 Å². The van der Waals surface area contributed by atoms with Gasteiger partial charge >= 0.3 is 6.03 Å². The van der Waals surface area contributed by atoms with Crippen LogP contribution < -0.4 is 15.0 Å². The van der Waals surface area contributed by atoms with E-state index in [1.807, 2.05) is 12.1 Å². The van der Waals surface area contributed by atoms with E-state index in [1.54, 1.807) is 36.4 Å². The number of hydrogen-bond acceptors (Lipinski definition) is 4. The Morgan fingerprint density at radius 2 is 1.62 bits per heavy atom. The van der Waals surface area contributed by atoms with Crippen LogP contribution in [0.2, 0.25) is 5.02 Å². The number of urea groups is 1. The molecule has 0 spiro atoms. The second-order valence-electron chi connectivity index (χ2n) is 6.89. The number of carbonyl (C=O) groups excluding carboxylic acids is 3. The maximum Gasteiger partial charge on any atom is 0.336 e. The van der Waals surface area contributed by atoms with Gasteiger partial charge in [0.2, 0.25) is 0 Å². The average molecular weight is 451 g/mol. The third-order valence-electron chi connectivity index (χ3n) is 4.70. The van der Waals surface area contributed by atoms with E-state index in [1.165, 1.54) is 24.3 Å². The minimum atomic E-state index is -1.01. The van der Waals surface area contributed by atoms with Gasteiger partial charge in [0, 0.05) is 5.02 Å². The molecule has 160 valence electrons. The Kier molecular flexibility index (Phi) is 6.00. The van der Waals surface area contributed by atoms with Gasteiger partial charge in [-0.3, -0.25) is 14.9 Å². The van der Waals surface area contributed by atoms with Gasteiger partial charge in [0.25, 0.3) is 11.8 Å². The second-order valence-corrected chi connectivity index (χ2v) is 7.33. The van der Waals surface area contributed by atoms with Crippen LogP contribution >= 0.6 is 11.6 Å². The molecule has 1 N–H and O–H groups in total. The Labute approximate surface area is 187 Å². The lowest BCUT2D eigenvalue weighted by atomic mass is 10.1. The fourth-order valence-electron chi connectivity index (χ4n) is 3.08. The number of benzene rings is 3. The van der Waals surface area contributed by atoms with Crippen molar-refractivity contribution in [2.75, 3.05) is 4.90 Å². The van der Waals surface area contributed by atoms with Gasteiger partial charge in [0.1, 0.15) is 23.7 Å². The van der Waals surface area contributed by atoms with Crippen LogP contribution in [0, 0.1) is 5.82 Å². The van der Waals surface area contributed by atoms with Crippen molar-refractivity contribution in [1.29, 1.82) is 0 Å². The van der Waals surface area contributed by atoms with Gasteiger partial charge in [-0.05, 0) is 53.6 Å². The van der Waals surface area contributed by atoms with E-state index >= 15 is 0 Å². The molecule has 32 heavy (non-hydrogen) atoms. The molecule has 1 aliphatic rings. The molecule has 3 aromatic rings. The zero-order valence-electron chi connectivity index (χ0n) is 16.5. The molecule has 4 rings (SSSR count). The van der Waals surface area contributed by atoms with Crippen molar-refractivity contribution in [1.82, 2.24) is 5.32 Å². The summed E-state index contributed by atoms with van der Waals surface area (Å²) in [6.07, 6.45) is 1.33. The Balaban J connectivity index is 1.52. The summed E-state index contributed by atoms with van der Waals surface area (Å²) in [7, 11) is 0. The molecule has 1 saturated heterocycles. The van der Waals surface area contributed by atoms with Crippen molar-refractivity contribution >= 4 is 41.2 Å². The van der Waals surface area contributed by atoms with Gasteiger partial charge in [-0.2, -0.15) is 0 Å². The van der Waals surface area contributed by atoms with Gasteiger partial charge in [0.05, 0.1) is 5.69 Å². The first-order valence-electron chi connectivity index (χ1n) is 9.55. The summed E-state index contributed by atoms with van der Waals surface area (Å²) in [5.41, 5.74) is 0.954. The lowest BCUT2D eigenvalue weighted by Gasteiger charge is -2.26. The Morgan fingerprint density at radius 3 is 2.31 bits per heavy atom. The molecular formula is C24H16ClFN2O4. The molecule has 8 heteroatoms. The van der Waals surface area contributed by atoms with Crippen LogP contribution in [0.1, 0.15) is 11.1 Å². The zero-order chi connectivity index (χ0) is 22.7. The Morgan fingerprint density at radius 1 is 0.938 bits per heavy atom. The number of carbonyl (C=O) groups is 3. The highest BCUT2D eigenvalue weighted by Crippen LogP contribution is 2.25. The number of anilines is 1. The molecule has 0 radical (unpaired) electrons. The number of hydrogen-bond donors (Lipinski definition) is 1. The minimum absolute atomic E-state index is 0.237. The largest absolute Gasteiger partial charge is 0.489 e. The monoisotopic (exact) mass is 450 g/mol. The number of ether oxygens (including phenoxy) is 1. The maximum absolute atomic E-state index is 14.1. The van der Waals surface area contributed by atoms with Crippen LogP contribution in [-0.4, -0.2) is 17.8 Å². The third-order valence-corrected chi connectivity index (χ3v) is 4.96. The lowest BCUT2D eigenvalue weighted by molar-refractivity contribution is -0.122. The first kappa shape index (κ1) is 21.3. The molecule has 0 atom stereocenters. The van der Waals surface area contributed by atoms with E-state index in [4.69, 9.17) is 16.3 Å². The summed E-state index contributed by atoms with van der Waals surface area (Å²) in [6, 6.07) is 18.3. The maximum atomic E-state index is 14.1. The Hall–Kier alpha value is -3.97.